The van der Waals surface area contributed by atoms with Crippen LogP contribution in [-0.2, 0) is 0 Å². The Morgan fingerprint density at radius 1 is 1.21 bits per heavy atom. The summed E-state index contributed by atoms with van der Waals surface area (Å²) in [4.78, 5) is 4.55. The molecule has 2 heterocycles. The Morgan fingerprint density at radius 2 is 2.00 bits per heavy atom. The Morgan fingerprint density at radius 3 is 2.75 bits per heavy atom. The van der Waals surface area contributed by atoms with Gasteiger partial charge in [-0.1, -0.05) is 41.4 Å². The number of fused-ring (bicyclic) bond motifs is 3. The molecule has 0 fully saturated rings. The summed E-state index contributed by atoms with van der Waals surface area (Å²) in [6.45, 7) is 0. The lowest BCUT2D eigenvalue weighted by Crippen LogP contribution is -2.26. The highest BCUT2D eigenvalue weighted by atomic mass is 35.5. The molecule has 0 radical (unpaired) electrons. The first-order valence-corrected chi connectivity index (χ1v) is 7.95. The van der Waals surface area contributed by atoms with Crippen molar-refractivity contribution < 1.29 is 0 Å². The summed E-state index contributed by atoms with van der Waals surface area (Å²) in [7, 11) is 0. The largest absolute Gasteiger partial charge is 0.384 e. The smallest absolute Gasteiger partial charge is 0.210 e. The SMILES string of the molecule is N#CC1=C(N)n2c(nc3ccccc32)NC1c1ccc(Cl)cc1Cl. The van der Waals surface area contributed by atoms with Crippen molar-refractivity contribution >= 4 is 46.0 Å². The van der Waals surface area contributed by atoms with Crippen molar-refractivity contribution in [2.75, 3.05) is 5.32 Å². The number of nitriles is 1. The number of para-hydroxylation sites is 2. The number of benzene rings is 2. The van der Waals surface area contributed by atoms with Gasteiger partial charge < -0.3 is 11.1 Å². The molecule has 1 aliphatic heterocycles. The summed E-state index contributed by atoms with van der Waals surface area (Å²) in [6, 6.07) is 14.5. The molecule has 7 heteroatoms. The number of hydrogen-bond acceptors (Lipinski definition) is 4. The molecule has 0 bridgehead atoms. The third kappa shape index (κ3) is 2.12. The molecule has 0 spiro atoms. The van der Waals surface area contributed by atoms with E-state index in [1.807, 2.05) is 24.3 Å². The van der Waals surface area contributed by atoms with Crippen molar-refractivity contribution in [1.82, 2.24) is 9.55 Å². The summed E-state index contributed by atoms with van der Waals surface area (Å²) in [6.07, 6.45) is 0. The highest BCUT2D eigenvalue weighted by Crippen LogP contribution is 2.39. The molecule has 1 atom stereocenters. The van der Waals surface area contributed by atoms with Gasteiger partial charge in [0, 0.05) is 10.0 Å². The van der Waals surface area contributed by atoms with E-state index in [1.165, 1.54) is 0 Å². The van der Waals surface area contributed by atoms with Crippen LogP contribution < -0.4 is 11.1 Å². The predicted molar refractivity (Wildman–Crippen MR) is 95.6 cm³/mol. The number of imidazole rings is 1. The van der Waals surface area contributed by atoms with Gasteiger partial charge in [-0.05, 0) is 29.8 Å². The number of aromatic nitrogens is 2. The van der Waals surface area contributed by atoms with Crippen LogP contribution in [0.1, 0.15) is 11.6 Å². The fourth-order valence-electron chi connectivity index (χ4n) is 2.93. The molecule has 3 N–H and O–H groups in total. The molecule has 0 amide bonds. The van der Waals surface area contributed by atoms with Gasteiger partial charge in [-0.15, -0.1) is 0 Å². The first kappa shape index (κ1) is 14.9. The van der Waals surface area contributed by atoms with Crippen LogP contribution in [0.25, 0.3) is 16.9 Å². The number of nitrogens with two attached hydrogens (primary N) is 1. The molecule has 5 nitrogen and oxygen atoms in total. The van der Waals surface area contributed by atoms with Crippen molar-refractivity contribution in [2.24, 2.45) is 5.73 Å². The molecule has 2 aromatic carbocycles. The molecular weight excluding hydrogens is 345 g/mol. The number of halogens is 2. The van der Waals surface area contributed by atoms with Crippen LogP contribution >= 0.6 is 23.2 Å². The lowest BCUT2D eigenvalue weighted by Gasteiger charge is -2.27. The van der Waals surface area contributed by atoms with E-state index < -0.39 is 6.04 Å². The average molecular weight is 356 g/mol. The van der Waals surface area contributed by atoms with Crippen LogP contribution in [0.5, 0.6) is 0 Å². The van der Waals surface area contributed by atoms with Crippen molar-refractivity contribution in [1.29, 1.82) is 5.26 Å². The van der Waals surface area contributed by atoms with Gasteiger partial charge in [-0.2, -0.15) is 5.26 Å². The van der Waals surface area contributed by atoms with Crippen molar-refractivity contribution in [3.05, 3.63) is 63.6 Å². The van der Waals surface area contributed by atoms with Crippen LogP contribution in [-0.4, -0.2) is 9.55 Å². The van der Waals surface area contributed by atoms with Gasteiger partial charge in [0.25, 0.3) is 0 Å². The molecule has 0 saturated carbocycles. The number of nitrogens with zero attached hydrogens (tertiary/aromatic N) is 3. The van der Waals surface area contributed by atoms with Gasteiger partial charge in [0.2, 0.25) is 5.95 Å². The maximum atomic E-state index is 9.64. The maximum Gasteiger partial charge on any atom is 0.210 e. The quantitative estimate of drug-likeness (QED) is 0.686. The Balaban J connectivity index is 1.94. The molecule has 3 aromatic rings. The molecule has 118 valence electrons. The Bertz CT molecular complexity index is 1040. The van der Waals surface area contributed by atoms with Gasteiger partial charge in [0.15, 0.2) is 0 Å². The molecule has 0 saturated heterocycles. The third-order valence-corrected chi connectivity index (χ3v) is 4.60. The average Bonchev–Trinajstić information content (AvgIpc) is 2.93. The summed E-state index contributed by atoms with van der Waals surface area (Å²) < 4.78 is 1.74. The summed E-state index contributed by atoms with van der Waals surface area (Å²) in [5, 5.41) is 13.9. The minimum Gasteiger partial charge on any atom is -0.384 e. The number of anilines is 1. The number of rotatable bonds is 1. The highest BCUT2D eigenvalue weighted by Gasteiger charge is 2.30. The summed E-state index contributed by atoms with van der Waals surface area (Å²) in [5.41, 5.74) is 9.03. The molecular formula is C17H11Cl2N5. The number of nitrogens with one attached hydrogen (secondary N) is 1. The fourth-order valence-corrected chi connectivity index (χ4v) is 3.44. The first-order valence-electron chi connectivity index (χ1n) is 7.19. The second-order valence-electron chi connectivity index (χ2n) is 5.41. The zero-order chi connectivity index (χ0) is 16.8. The zero-order valence-corrected chi connectivity index (χ0v) is 13.8. The van der Waals surface area contributed by atoms with E-state index in [0.717, 1.165) is 16.6 Å². The molecule has 1 unspecified atom stereocenters. The number of hydrogen-bond donors (Lipinski definition) is 2. The van der Waals surface area contributed by atoms with E-state index in [0.29, 0.717) is 27.4 Å². The minimum atomic E-state index is -0.482. The van der Waals surface area contributed by atoms with E-state index in [9.17, 15) is 5.26 Å². The van der Waals surface area contributed by atoms with Crippen molar-refractivity contribution in [3.8, 4) is 6.07 Å². The van der Waals surface area contributed by atoms with Gasteiger partial charge in [-0.3, -0.25) is 4.57 Å². The zero-order valence-electron chi connectivity index (χ0n) is 12.3. The van der Waals surface area contributed by atoms with Crippen LogP contribution in [0.15, 0.2) is 48.0 Å². The predicted octanol–water partition coefficient (Wildman–Crippen LogP) is 4.16. The topological polar surface area (TPSA) is 79.7 Å². The highest BCUT2D eigenvalue weighted by molar-refractivity contribution is 6.35. The minimum absolute atomic E-state index is 0.343. The molecule has 0 aliphatic carbocycles. The standard InChI is InChI=1S/C17H11Cl2N5/c18-9-5-6-10(12(19)7-9)15-11(8-20)16(21)24-14-4-2-1-3-13(14)22-17(24)23-15/h1-7,15H,21H2,(H,22,23). The normalized spacial score (nSPS) is 16.6. The van der Waals surface area contributed by atoms with E-state index >= 15 is 0 Å². The van der Waals surface area contributed by atoms with Gasteiger partial charge in [-0.25, -0.2) is 4.98 Å². The molecule has 1 aliphatic rings. The monoisotopic (exact) mass is 355 g/mol. The second kappa shape index (κ2) is 5.45. The Labute approximate surface area is 147 Å². The van der Waals surface area contributed by atoms with E-state index in [1.54, 1.807) is 22.8 Å². The summed E-state index contributed by atoms with van der Waals surface area (Å²) >= 11 is 12.3. The van der Waals surface area contributed by atoms with E-state index in [-0.39, 0.29) is 0 Å². The van der Waals surface area contributed by atoms with Crippen LogP contribution in [0.3, 0.4) is 0 Å². The van der Waals surface area contributed by atoms with E-state index in [4.69, 9.17) is 28.9 Å². The Hall–Kier alpha value is -2.68. The van der Waals surface area contributed by atoms with Crippen LogP contribution in [0.2, 0.25) is 10.0 Å². The Kier molecular flexibility index (Phi) is 3.38. The van der Waals surface area contributed by atoms with Crippen LogP contribution in [0.4, 0.5) is 5.95 Å². The summed E-state index contributed by atoms with van der Waals surface area (Å²) in [5.74, 6) is 0.916. The second-order valence-corrected chi connectivity index (χ2v) is 6.26. The van der Waals surface area contributed by atoms with Gasteiger partial charge >= 0.3 is 0 Å². The lowest BCUT2D eigenvalue weighted by atomic mass is 9.98. The van der Waals surface area contributed by atoms with Gasteiger partial charge in [0.05, 0.1) is 22.6 Å². The maximum absolute atomic E-state index is 9.64. The molecule has 1 aromatic heterocycles. The lowest BCUT2D eigenvalue weighted by molar-refractivity contribution is 0.857. The fraction of sp³-hybridized carbons (Fsp3) is 0.0588. The van der Waals surface area contributed by atoms with Crippen LogP contribution in [0, 0.1) is 11.3 Å². The van der Waals surface area contributed by atoms with Crippen molar-refractivity contribution in [3.63, 3.8) is 0 Å². The van der Waals surface area contributed by atoms with Crippen molar-refractivity contribution in [2.45, 2.75) is 6.04 Å². The molecule has 24 heavy (non-hydrogen) atoms. The van der Waals surface area contributed by atoms with E-state index in [2.05, 4.69) is 16.4 Å². The first-order chi connectivity index (χ1) is 11.6. The van der Waals surface area contributed by atoms with Gasteiger partial charge in [0.1, 0.15) is 11.9 Å². The third-order valence-electron chi connectivity index (χ3n) is 4.03. The molecule has 4 rings (SSSR count).